The van der Waals surface area contributed by atoms with Crippen LogP contribution in [0.1, 0.15) is 33.1 Å². The second kappa shape index (κ2) is 11.4. The van der Waals surface area contributed by atoms with Crippen molar-refractivity contribution in [1.29, 1.82) is 0 Å². The first kappa shape index (κ1) is 14.9. The first-order chi connectivity index (χ1) is 6.09. The minimum absolute atomic E-state index is 0.125. The highest BCUT2D eigenvalue weighted by Gasteiger charge is 2.08. The van der Waals surface area contributed by atoms with Gasteiger partial charge in [0.05, 0.1) is 19.1 Å². The van der Waals surface area contributed by atoms with Crippen molar-refractivity contribution in [3.05, 3.63) is 0 Å². The Kier molecular flexibility index (Phi) is 13.0. The molecule has 4 nitrogen and oxygen atoms in total. The van der Waals surface area contributed by atoms with Gasteiger partial charge in [0.15, 0.2) is 0 Å². The summed E-state index contributed by atoms with van der Waals surface area (Å²) in [5.41, 5.74) is 0. The molecule has 1 unspecified atom stereocenters. The van der Waals surface area contributed by atoms with Gasteiger partial charge < -0.3 is 15.3 Å². The molecule has 0 heterocycles. The van der Waals surface area contributed by atoms with Gasteiger partial charge in [-0.05, 0) is 6.42 Å². The minimum Gasteiger partial charge on any atom is -0.481 e. The van der Waals surface area contributed by atoms with Gasteiger partial charge in [0.25, 0.3) is 0 Å². The monoisotopic (exact) mass is 192 g/mol. The van der Waals surface area contributed by atoms with Crippen LogP contribution in [0, 0.1) is 5.92 Å². The van der Waals surface area contributed by atoms with Gasteiger partial charge in [-0.25, -0.2) is 0 Å². The van der Waals surface area contributed by atoms with Crippen LogP contribution in [0.3, 0.4) is 0 Å². The van der Waals surface area contributed by atoms with E-state index in [2.05, 4.69) is 6.92 Å². The first-order valence-corrected chi connectivity index (χ1v) is 4.54. The lowest BCUT2D eigenvalue weighted by Crippen LogP contribution is -2.08. The Morgan fingerprint density at radius 3 is 2.00 bits per heavy atom. The van der Waals surface area contributed by atoms with Gasteiger partial charge in [-0.2, -0.15) is 0 Å². The Balaban J connectivity index is 0. The Labute approximate surface area is 79.2 Å². The van der Waals surface area contributed by atoms with E-state index < -0.39 is 5.97 Å². The molecule has 80 valence electrons. The van der Waals surface area contributed by atoms with Crippen LogP contribution in [0.5, 0.6) is 0 Å². The van der Waals surface area contributed by atoms with Crippen molar-refractivity contribution >= 4 is 5.97 Å². The van der Waals surface area contributed by atoms with E-state index in [0.29, 0.717) is 0 Å². The molecular weight excluding hydrogens is 172 g/mol. The van der Waals surface area contributed by atoms with Gasteiger partial charge in [-0.15, -0.1) is 0 Å². The molecule has 13 heavy (non-hydrogen) atoms. The molecule has 0 fully saturated rings. The minimum atomic E-state index is -0.677. The molecule has 0 bridgehead atoms. The smallest absolute Gasteiger partial charge is 0.306 e. The van der Waals surface area contributed by atoms with Gasteiger partial charge in [-0.3, -0.25) is 4.79 Å². The first-order valence-electron chi connectivity index (χ1n) is 4.54. The summed E-state index contributed by atoms with van der Waals surface area (Å²) in [6.07, 6.45) is 2.91. The van der Waals surface area contributed by atoms with Crippen molar-refractivity contribution in [3.8, 4) is 0 Å². The summed E-state index contributed by atoms with van der Waals surface area (Å²) in [7, 11) is 0. The highest BCUT2D eigenvalue weighted by Crippen LogP contribution is 2.06. The molecule has 0 aliphatic heterocycles. The van der Waals surface area contributed by atoms with Crippen LogP contribution in [0.4, 0.5) is 0 Å². The van der Waals surface area contributed by atoms with Gasteiger partial charge in [0, 0.05) is 0 Å². The Hall–Kier alpha value is -0.610. The number of carboxylic acids is 1. The lowest BCUT2D eigenvalue weighted by Gasteiger charge is -2.02. The lowest BCUT2D eigenvalue weighted by molar-refractivity contribution is -0.141. The maximum absolute atomic E-state index is 10.2. The maximum Gasteiger partial charge on any atom is 0.306 e. The summed E-state index contributed by atoms with van der Waals surface area (Å²) in [4.78, 5) is 10.2. The zero-order valence-corrected chi connectivity index (χ0v) is 8.36. The van der Waals surface area contributed by atoms with Gasteiger partial charge in [-0.1, -0.05) is 26.7 Å². The molecular formula is C9H20O4. The summed E-state index contributed by atoms with van der Waals surface area (Å²) in [5, 5.41) is 23.7. The topological polar surface area (TPSA) is 77.8 Å². The zero-order valence-electron chi connectivity index (χ0n) is 8.36. The molecule has 0 aromatic carbocycles. The molecule has 0 saturated carbocycles. The fourth-order valence-corrected chi connectivity index (χ4v) is 0.634. The van der Waals surface area contributed by atoms with Crippen LogP contribution in [0.15, 0.2) is 0 Å². The maximum atomic E-state index is 10.2. The Bertz CT molecular complexity index is 112. The highest BCUT2D eigenvalue weighted by atomic mass is 16.4. The Morgan fingerprint density at radius 1 is 1.31 bits per heavy atom. The van der Waals surface area contributed by atoms with Crippen molar-refractivity contribution in [1.82, 2.24) is 0 Å². The van der Waals surface area contributed by atoms with Crippen molar-refractivity contribution in [2.75, 3.05) is 13.2 Å². The van der Waals surface area contributed by atoms with Crippen LogP contribution in [-0.4, -0.2) is 34.5 Å². The van der Waals surface area contributed by atoms with Crippen molar-refractivity contribution in [2.24, 2.45) is 5.92 Å². The standard InChI is InChI=1S/C7H14O2.C2H6O2/c1-3-4-5-6(2)7(8)9;3-1-2-4/h6H,3-5H2,1-2H3,(H,8,9);3-4H,1-2H2. The number of hydrogen-bond acceptors (Lipinski definition) is 3. The van der Waals surface area contributed by atoms with E-state index in [4.69, 9.17) is 15.3 Å². The van der Waals surface area contributed by atoms with E-state index >= 15 is 0 Å². The number of hydrogen-bond donors (Lipinski definition) is 3. The second-order valence-electron chi connectivity index (χ2n) is 2.83. The average molecular weight is 192 g/mol. The normalized spacial score (nSPS) is 11.4. The number of aliphatic hydroxyl groups excluding tert-OH is 2. The van der Waals surface area contributed by atoms with Crippen LogP contribution in [0.2, 0.25) is 0 Å². The van der Waals surface area contributed by atoms with Crippen LogP contribution >= 0.6 is 0 Å². The van der Waals surface area contributed by atoms with E-state index in [9.17, 15) is 4.79 Å². The van der Waals surface area contributed by atoms with Crippen LogP contribution in [0.25, 0.3) is 0 Å². The molecule has 0 radical (unpaired) electrons. The molecule has 0 aromatic heterocycles. The molecule has 0 aliphatic carbocycles. The number of carboxylic acid groups (broad SMARTS) is 1. The third-order valence-corrected chi connectivity index (χ3v) is 1.51. The van der Waals surface area contributed by atoms with Crippen LogP contribution in [-0.2, 0) is 4.79 Å². The van der Waals surface area contributed by atoms with Crippen molar-refractivity contribution < 1.29 is 20.1 Å². The predicted molar refractivity (Wildman–Crippen MR) is 50.5 cm³/mol. The molecule has 0 amide bonds. The third kappa shape index (κ3) is 14.3. The number of aliphatic hydroxyl groups is 2. The number of rotatable bonds is 5. The number of carbonyl (C=O) groups is 1. The quantitative estimate of drug-likeness (QED) is 0.604. The van der Waals surface area contributed by atoms with Gasteiger partial charge in [0.1, 0.15) is 0 Å². The largest absolute Gasteiger partial charge is 0.481 e. The SMILES string of the molecule is CCCCC(C)C(=O)O.OCCO. The lowest BCUT2D eigenvalue weighted by atomic mass is 10.1. The molecule has 1 atom stereocenters. The summed E-state index contributed by atoms with van der Waals surface area (Å²) >= 11 is 0. The van der Waals surface area contributed by atoms with E-state index in [1.165, 1.54) is 0 Å². The molecule has 0 saturated heterocycles. The molecule has 3 N–H and O–H groups in total. The molecule has 0 spiro atoms. The Morgan fingerprint density at radius 2 is 1.77 bits per heavy atom. The number of unbranched alkanes of at least 4 members (excludes halogenated alkanes) is 1. The van der Waals surface area contributed by atoms with E-state index in [0.717, 1.165) is 19.3 Å². The van der Waals surface area contributed by atoms with Crippen molar-refractivity contribution in [3.63, 3.8) is 0 Å². The van der Waals surface area contributed by atoms with E-state index in [1.807, 2.05) is 0 Å². The van der Waals surface area contributed by atoms with Gasteiger partial charge in [0.2, 0.25) is 0 Å². The number of aliphatic carboxylic acids is 1. The predicted octanol–water partition coefficient (Wildman–Crippen LogP) is 0.868. The third-order valence-electron chi connectivity index (χ3n) is 1.51. The highest BCUT2D eigenvalue weighted by molar-refractivity contribution is 5.69. The van der Waals surface area contributed by atoms with Gasteiger partial charge >= 0.3 is 5.97 Å². The average Bonchev–Trinajstić information content (AvgIpc) is 2.14. The fourth-order valence-electron chi connectivity index (χ4n) is 0.634. The van der Waals surface area contributed by atoms with E-state index in [1.54, 1.807) is 6.92 Å². The molecule has 0 rings (SSSR count). The summed E-state index contributed by atoms with van der Waals surface area (Å²) in [5.74, 6) is -0.839. The molecule has 4 heteroatoms. The zero-order chi connectivity index (χ0) is 10.7. The van der Waals surface area contributed by atoms with E-state index in [-0.39, 0.29) is 19.1 Å². The summed E-state index contributed by atoms with van der Waals surface area (Å²) in [6.45, 7) is 3.56. The van der Waals surface area contributed by atoms with Crippen molar-refractivity contribution in [2.45, 2.75) is 33.1 Å². The molecule has 0 aliphatic rings. The summed E-state index contributed by atoms with van der Waals surface area (Å²) in [6, 6.07) is 0. The molecule has 0 aromatic rings. The second-order valence-corrected chi connectivity index (χ2v) is 2.83. The van der Waals surface area contributed by atoms with Crippen LogP contribution < -0.4 is 0 Å². The summed E-state index contributed by atoms with van der Waals surface area (Å²) < 4.78 is 0. The fraction of sp³-hybridized carbons (Fsp3) is 0.889.